The third kappa shape index (κ3) is 2.88. The van der Waals surface area contributed by atoms with Gasteiger partial charge < -0.3 is 9.67 Å². The van der Waals surface area contributed by atoms with Crippen LogP contribution in [0, 0.1) is 5.92 Å². The van der Waals surface area contributed by atoms with E-state index in [0.29, 0.717) is 12.1 Å². The van der Waals surface area contributed by atoms with E-state index in [1.807, 2.05) is 0 Å². The Kier molecular flexibility index (Phi) is 4.40. The van der Waals surface area contributed by atoms with Crippen LogP contribution in [0.25, 0.3) is 0 Å². The van der Waals surface area contributed by atoms with Crippen LogP contribution in [0.15, 0.2) is 12.3 Å². The SMILES string of the molecule is CCCCn1ccc(C(=O)C2CCCC2)c1C(=O)O. The average Bonchev–Trinajstić information content (AvgIpc) is 3.04. The van der Waals surface area contributed by atoms with Crippen LogP contribution < -0.4 is 0 Å². The van der Waals surface area contributed by atoms with E-state index in [0.717, 1.165) is 38.5 Å². The number of carboxylic acids is 1. The highest BCUT2D eigenvalue weighted by Crippen LogP contribution is 2.29. The molecule has 0 bridgehead atoms. The number of aromatic carboxylic acids is 1. The molecule has 0 saturated heterocycles. The van der Waals surface area contributed by atoms with Crippen molar-refractivity contribution in [2.45, 2.75) is 52.0 Å². The Morgan fingerprint density at radius 1 is 1.37 bits per heavy atom. The Hall–Kier alpha value is -1.58. The minimum atomic E-state index is -0.998. The Morgan fingerprint density at radius 3 is 2.63 bits per heavy atom. The maximum atomic E-state index is 12.4. The van der Waals surface area contributed by atoms with Crippen molar-refractivity contribution < 1.29 is 14.7 Å². The van der Waals surface area contributed by atoms with Crippen molar-refractivity contribution in [2.24, 2.45) is 5.92 Å². The van der Waals surface area contributed by atoms with Crippen LogP contribution in [0.4, 0.5) is 0 Å². The van der Waals surface area contributed by atoms with Gasteiger partial charge in [-0.1, -0.05) is 26.2 Å². The minimum Gasteiger partial charge on any atom is -0.477 e. The zero-order chi connectivity index (χ0) is 13.8. The molecule has 1 N–H and O–H groups in total. The summed E-state index contributed by atoms with van der Waals surface area (Å²) in [5, 5.41) is 9.35. The van der Waals surface area contributed by atoms with Crippen molar-refractivity contribution in [1.82, 2.24) is 4.57 Å². The quantitative estimate of drug-likeness (QED) is 0.800. The maximum absolute atomic E-state index is 12.4. The molecule has 0 unspecified atom stereocenters. The second-order valence-electron chi connectivity index (χ2n) is 5.28. The second kappa shape index (κ2) is 6.04. The first-order chi connectivity index (χ1) is 9.15. The van der Waals surface area contributed by atoms with Gasteiger partial charge in [-0.05, 0) is 25.3 Å². The van der Waals surface area contributed by atoms with Gasteiger partial charge in [-0.25, -0.2) is 4.79 Å². The first kappa shape index (κ1) is 13.8. The third-order valence-corrected chi connectivity index (χ3v) is 3.91. The predicted molar refractivity (Wildman–Crippen MR) is 72.6 cm³/mol. The molecule has 2 rings (SSSR count). The first-order valence-corrected chi connectivity index (χ1v) is 7.11. The van der Waals surface area contributed by atoms with E-state index < -0.39 is 5.97 Å². The first-order valence-electron chi connectivity index (χ1n) is 7.11. The average molecular weight is 263 g/mol. The highest BCUT2D eigenvalue weighted by atomic mass is 16.4. The van der Waals surface area contributed by atoms with Gasteiger partial charge in [0.25, 0.3) is 0 Å². The molecule has 1 heterocycles. The van der Waals surface area contributed by atoms with Gasteiger partial charge in [0.1, 0.15) is 5.69 Å². The lowest BCUT2D eigenvalue weighted by molar-refractivity contribution is 0.0678. The topological polar surface area (TPSA) is 59.3 Å². The summed E-state index contributed by atoms with van der Waals surface area (Å²) in [7, 11) is 0. The molecule has 4 heteroatoms. The summed E-state index contributed by atoms with van der Waals surface area (Å²) in [6.45, 7) is 2.73. The molecule has 104 valence electrons. The van der Waals surface area contributed by atoms with E-state index in [-0.39, 0.29) is 17.4 Å². The monoisotopic (exact) mass is 263 g/mol. The van der Waals surface area contributed by atoms with Crippen LogP contribution in [0.5, 0.6) is 0 Å². The number of unbranched alkanes of at least 4 members (excludes halogenated alkanes) is 1. The van der Waals surface area contributed by atoms with Crippen LogP contribution in [-0.4, -0.2) is 21.4 Å². The van der Waals surface area contributed by atoms with Crippen LogP contribution in [0.2, 0.25) is 0 Å². The molecule has 1 aliphatic rings. The Balaban J connectivity index is 2.26. The molecule has 0 spiro atoms. The van der Waals surface area contributed by atoms with Crippen molar-refractivity contribution in [2.75, 3.05) is 0 Å². The summed E-state index contributed by atoms with van der Waals surface area (Å²) in [4.78, 5) is 23.8. The summed E-state index contributed by atoms with van der Waals surface area (Å²) in [5.41, 5.74) is 0.570. The van der Waals surface area contributed by atoms with E-state index in [9.17, 15) is 14.7 Å². The van der Waals surface area contributed by atoms with E-state index in [1.54, 1.807) is 16.8 Å². The lowest BCUT2D eigenvalue weighted by Crippen LogP contribution is -2.17. The molecule has 1 aromatic rings. The van der Waals surface area contributed by atoms with Crippen LogP contribution in [0.1, 0.15) is 66.3 Å². The number of nitrogens with zero attached hydrogens (tertiary/aromatic N) is 1. The van der Waals surface area contributed by atoms with E-state index in [4.69, 9.17) is 0 Å². The molecular weight excluding hydrogens is 242 g/mol. The smallest absolute Gasteiger partial charge is 0.353 e. The molecule has 0 aliphatic heterocycles. The van der Waals surface area contributed by atoms with Crippen LogP contribution in [0.3, 0.4) is 0 Å². The Labute approximate surface area is 113 Å². The number of carboxylic acid groups (broad SMARTS) is 1. The third-order valence-electron chi connectivity index (χ3n) is 3.91. The molecule has 0 atom stereocenters. The van der Waals surface area contributed by atoms with Crippen molar-refractivity contribution in [3.05, 3.63) is 23.5 Å². The molecule has 4 nitrogen and oxygen atoms in total. The number of hydrogen-bond donors (Lipinski definition) is 1. The number of hydrogen-bond acceptors (Lipinski definition) is 2. The summed E-state index contributed by atoms with van der Waals surface area (Å²) < 4.78 is 1.70. The number of carbonyl (C=O) groups is 2. The number of aryl methyl sites for hydroxylation is 1. The van der Waals surface area contributed by atoms with Gasteiger partial charge in [0.05, 0.1) is 5.56 Å². The van der Waals surface area contributed by atoms with E-state index in [1.165, 1.54) is 0 Å². The van der Waals surface area contributed by atoms with Gasteiger partial charge in [-0.2, -0.15) is 0 Å². The summed E-state index contributed by atoms with van der Waals surface area (Å²) in [6, 6.07) is 1.68. The van der Waals surface area contributed by atoms with Crippen molar-refractivity contribution >= 4 is 11.8 Å². The number of Topliss-reactive ketones (excluding diaryl/α,β-unsaturated/α-hetero) is 1. The van der Waals surface area contributed by atoms with E-state index in [2.05, 4.69) is 6.92 Å². The van der Waals surface area contributed by atoms with Gasteiger partial charge >= 0.3 is 5.97 Å². The molecular formula is C15H21NO3. The van der Waals surface area contributed by atoms with Gasteiger partial charge in [0, 0.05) is 18.7 Å². The van der Waals surface area contributed by atoms with Gasteiger partial charge in [-0.3, -0.25) is 4.79 Å². The van der Waals surface area contributed by atoms with Gasteiger partial charge in [0.2, 0.25) is 0 Å². The standard InChI is InChI=1S/C15H21NO3/c1-2-3-9-16-10-8-12(13(16)15(18)19)14(17)11-6-4-5-7-11/h8,10-11H,2-7,9H2,1H3,(H,18,19). The zero-order valence-electron chi connectivity index (χ0n) is 11.4. The lowest BCUT2D eigenvalue weighted by atomic mass is 9.96. The van der Waals surface area contributed by atoms with Gasteiger partial charge in [0.15, 0.2) is 5.78 Å². The lowest BCUT2D eigenvalue weighted by Gasteiger charge is -2.10. The fourth-order valence-corrected chi connectivity index (χ4v) is 2.83. The number of carbonyl (C=O) groups excluding carboxylic acids is 1. The second-order valence-corrected chi connectivity index (χ2v) is 5.28. The van der Waals surface area contributed by atoms with Crippen molar-refractivity contribution in [3.8, 4) is 0 Å². The molecule has 0 radical (unpaired) electrons. The van der Waals surface area contributed by atoms with Crippen molar-refractivity contribution in [3.63, 3.8) is 0 Å². The molecule has 1 aliphatic carbocycles. The van der Waals surface area contributed by atoms with Crippen LogP contribution >= 0.6 is 0 Å². The number of rotatable bonds is 6. The maximum Gasteiger partial charge on any atom is 0.353 e. The highest BCUT2D eigenvalue weighted by molar-refractivity contribution is 6.06. The zero-order valence-corrected chi connectivity index (χ0v) is 11.4. The molecule has 0 amide bonds. The predicted octanol–water partition coefficient (Wildman–Crippen LogP) is 3.36. The molecule has 1 fully saturated rings. The summed E-state index contributed by atoms with van der Waals surface area (Å²) in [5.74, 6) is -0.951. The molecule has 1 aromatic heterocycles. The fourth-order valence-electron chi connectivity index (χ4n) is 2.83. The fraction of sp³-hybridized carbons (Fsp3) is 0.600. The molecule has 1 saturated carbocycles. The van der Waals surface area contributed by atoms with E-state index >= 15 is 0 Å². The number of aromatic nitrogens is 1. The van der Waals surface area contributed by atoms with Gasteiger partial charge in [-0.15, -0.1) is 0 Å². The van der Waals surface area contributed by atoms with Crippen LogP contribution in [-0.2, 0) is 6.54 Å². The largest absolute Gasteiger partial charge is 0.477 e. The van der Waals surface area contributed by atoms with Crippen molar-refractivity contribution in [1.29, 1.82) is 0 Å². The number of ketones is 1. The molecule has 19 heavy (non-hydrogen) atoms. The summed E-state index contributed by atoms with van der Waals surface area (Å²) in [6.07, 6.45) is 7.62. The Morgan fingerprint density at radius 2 is 2.05 bits per heavy atom. The highest BCUT2D eigenvalue weighted by Gasteiger charge is 2.29. The molecule has 0 aromatic carbocycles. The summed E-state index contributed by atoms with van der Waals surface area (Å²) >= 11 is 0. The normalized spacial score (nSPS) is 15.8. The minimum absolute atomic E-state index is 0.0187. The Bertz CT molecular complexity index is 470.